The first-order chi connectivity index (χ1) is 12.0. The summed E-state index contributed by atoms with van der Waals surface area (Å²) in [5.41, 5.74) is 1.83. The molecule has 0 saturated carbocycles. The third-order valence-corrected chi connectivity index (χ3v) is 4.85. The maximum atomic E-state index is 12.9. The molecular formula is C21H27N2O2+. The summed E-state index contributed by atoms with van der Waals surface area (Å²) in [4.78, 5) is 12.9. The van der Waals surface area contributed by atoms with Crippen LogP contribution in [-0.2, 0) is 9.53 Å². The summed E-state index contributed by atoms with van der Waals surface area (Å²) < 4.78 is 6.86. The van der Waals surface area contributed by atoms with Gasteiger partial charge in [-0.2, -0.15) is 0 Å². The van der Waals surface area contributed by atoms with Gasteiger partial charge in [-0.3, -0.25) is 0 Å². The van der Waals surface area contributed by atoms with E-state index in [1.54, 1.807) is 0 Å². The van der Waals surface area contributed by atoms with Crippen molar-refractivity contribution in [2.24, 2.45) is 0 Å². The number of piperidine rings is 1. The number of nitrogens with zero attached hydrogens (tertiary/aromatic N) is 1. The summed E-state index contributed by atoms with van der Waals surface area (Å²) in [6.07, 6.45) is 1.86. The standard InChI is InChI=1S/C21H27N2O2/c1-23(2)15-13-19(14-16-23)25-21(24)20(17-9-5-3-6-10-17)22-18-11-7-4-8-12-18/h3-12,19-20,22H,13-16H2,1-2H3/q+1. The maximum absolute atomic E-state index is 12.9. The van der Waals surface area contributed by atoms with Crippen molar-refractivity contribution in [1.29, 1.82) is 0 Å². The molecule has 2 aromatic carbocycles. The Hall–Kier alpha value is -2.33. The third-order valence-electron chi connectivity index (χ3n) is 4.85. The largest absolute Gasteiger partial charge is 0.460 e. The van der Waals surface area contributed by atoms with Crippen LogP contribution in [0.3, 0.4) is 0 Å². The SMILES string of the molecule is C[N+]1(C)CCC(OC(=O)C(Nc2ccccc2)c2ccccc2)CC1. The monoisotopic (exact) mass is 339 g/mol. The lowest BCUT2D eigenvalue weighted by atomic mass is 10.0. The van der Waals surface area contributed by atoms with Crippen molar-refractivity contribution in [3.63, 3.8) is 0 Å². The molecule has 1 heterocycles. The highest BCUT2D eigenvalue weighted by Gasteiger charge is 2.31. The highest BCUT2D eigenvalue weighted by atomic mass is 16.5. The normalized spacial score (nSPS) is 18.3. The van der Waals surface area contributed by atoms with Gasteiger partial charge >= 0.3 is 5.97 Å². The van der Waals surface area contributed by atoms with E-state index in [0.29, 0.717) is 0 Å². The van der Waals surface area contributed by atoms with Gasteiger partial charge in [-0.15, -0.1) is 0 Å². The van der Waals surface area contributed by atoms with Crippen LogP contribution >= 0.6 is 0 Å². The Balaban J connectivity index is 1.71. The van der Waals surface area contributed by atoms with Gasteiger partial charge < -0.3 is 14.5 Å². The summed E-state index contributed by atoms with van der Waals surface area (Å²) in [5, 5.41) is 3.32. The van der Waals surface area contributed by atoms with E-state index in [1.807, 2.05) is 60.7 Å². The van der Waals surface area contributed by atoms with Crippen LogP contribution in [0.1, 0.15) is 24.4 Å². The molecule has 1 unspecified atom stereocenters. The van der Waals surface area contributed by atoms with Crippen molar-refractivity contribution in [3.8, 4) is 0 Å². The van der Waals surface area contributed by atoms with E-state index in [-0.39, 0.29) is 12.1 Å². The van der Waals surface area contributed by atoms with Crippen LogP contribution in [0.4, 0.5) is 5.69 Å². The fourth-order valence-electron chi connectivity index (χ4n) is 3.22. The van der Waals surface area contributed by atoms with Crippen LogP contribution in [0.2, 0.25) is 0 Å². The van der Waals surface area contributed by atoms with Crippen molar-refractivity contribution in [1.82, 2.24) is 0 Å². The Morgan fingerprint density at radius 3 is 2.16 bits per heavy atom. The number of anilines is 1. The molecule has 4 nitrogen and oxygen atoms in total. The zero-order valence-electron chi connectivity index (χ0n) is 15.0. The van der Waals surface area contributed by atoms with E-state index in [1.165, 1.54) is 0 Å². The molecule has 1 aliphatic heterocycles. The van der Waals surface area contributed by atoms with Crippen LogP contribution in [0, 0.1) is 0 Å². The van der Waals surface area contributed by atoms with Crippen molar-refractivity contribution < 1.29 is 14.0 Å². The molecule has 0 bridgehead atoms. The number of benzene rings is 2. The first-order valence-electron chi connectivity index (χ1n) is 8.92. The Morgan fingerprint density at radius 2 is 1.56 bits per heavy atom. The number of esters is 1. The molecule has 1 N–H and O–H groups in total. The van der Waals surface area contributed by atoms with E-state index in [0.717, 1.165) is 41.7 Å². The molecule has 4 heteroatoms. The molecule has 0 aromatic heterocycles. The lowest BCUT2D eigenvalue weighted by molar-refractivity contribution is -0.896. The van der Waals surface area contributed by atoms with E-state index >= 15 is 0 Å². The quantitative estimate of drug-likeness (QED) is 0.668. The average Bonchev–Trinajstić information content (AvgIpc) is 2.63. The molecule has 0 aliphatic carbocycles. The number of hydrogen-bond acceptors (Lipinski definition) is 3. The molecule has 1 fully saturated rings. The van der Waals surface area contributed by atoms with E-state index in [4.69, 9.17) is 4.74 Å². The second-order valence-corrected chi connectivity index (χ2v) is 7.37. The summed E-state index contributed by atoms with van der Waals surface area (Å²) >= 11 is 0. The molecule has 3 rings (SSSR count). The van der Waals surface area contributed by atoms with Gasteiger partial charge in [0.05, 0.1) is 27.2 Å². The molecule has 0 amide bonds. The van der Waals surface area contributed by atoms with Crippen LogP contribution in [0.5, 0.6) is 0 Å². The molecule has 132 valence electrons. The Labute approximate surface area is 150 Å². The molecule has 25 heavy (non-hydrogen) atoms. The Bertz CT molecular complexity index is 676. The van der Waals surface area contributed by atoms with E-state index < -0.39 is 6.04 Å². The van der Waals surface area contributed by atoms with Crippen LogP contribution in [0.15, 0.2) is 60.7 Å². The molecule has 1 aliphatic rings. The van der Waals surface area contributed by atoms with Gasteiger partial charge in [-0.05, 0) is 17.7 Å². The highest BCUT2D eigenvalue weighted by Crippen LogP contribution is 2.24. The first-order valence-corrected chi connectivity index (χ1v) is 8.92. The molecular weight excluding hydrogens is 312 g/mol. The number of carbonyl (C=O) groups excluding carboxylic acids is 1. The van der Waals surface area contributed by atoms with Gasteiger partial charge in [0.25, 0.3) is 0 Å². The van der Waals surface area contributed by atoms with Crippen molar-refractivity contribution in [3.05, 3.63) is 66.2 Å². The summed E-state index contributed by atoms with van der Waals surface area (Å²) in [6, 6.07) is 19.1. The summed E-state index contributed by atoms with van der Waals surface area (Å²) in [7, 11) is 4.45. The predicted molar refractivity (Wildman–Crippen MR) is 100 cm³/mol. The summed E-state index contributed by atoms with van der Waals surface area (Å²) in [6.45, 7) is 2.08. The molecule has 1 atom stereocenters. The number of ether oxygens (including phenoxy) is 1. The second kappa shape index (κ2) is 7.70. The predicted octanol–water partition coefficient (Wildman–Crippen LogP) is 3.62. The number of likely N-dealkylation sites (tertiary alicyclic amines) is 1. The average molecular weight is 339 g/mol. The first kappa shape index (κ1) is 17.5. The molecule has 2 aromatic rings. The minimum absolute atomic E-state index is 0.0161. The second-order valence-electron chi connectivity index (χ2n) is 7.37. The number of rotatable bonds is 5. The number of quaternary nitrogens is 1. The zero-order valence-corrected chi connectivity index (χ0v) is 15.0. The van der Waals surface area contributed by atoms with Gasteiger partial charge in [-0.25, -0.2) is 4.79 Å². The fraction of sp³-hybridized carbons (Fsp3) is 0.381. The lowest BCUT2D eigenvalue weighted by Gasteiger charge is -2.37. The van der Waals surface area contributed by atoms with E-state index in [9.17, 15) is 4.79 Å². The number of nitrogens with one attached hydrogen (secondary N) is 1. The van der Waals surface area contributed by atoms with Crippen LogP contribution < -0.4 is 5.32 Å². The fourth-order valence-corrected chi connectivity index (χ4v) is 3.22. The van der Waals surface area contributed by atoms with Gasteiger partial charge in [0, 0.05) is 18.5 Å². The Kier molecular flexibility index (Phi) is 5.39. The van der Waals surface area contributed by atoms with Crippen molar-refractivity contribution >= 4 is 11.7 Å². The number of carbonyl (C=O) groups is 1. The van der Waals surface area contributed by atoms with Gasteiger partial charge in [0.2, 0.25) is 0 Å². The maximum Gasteiger partial charge on any atom is 0.333 e. The topological polar surface area (TPSA) is 38.3 Å². The van der Waals surface area contributed by atoms with Crippen LogP contribution in [-0.4, -0.2) is 43.7 Å². The lowest BCUT2D eigenvalue weighted by Crippen LogP contribution is -2.48. The van der Waals surface area contributed by atoms with Gasteiger partial charge in [0.15, 0.2) is 6.04 Å². The third kappa shape index (κ3) is 4.83. The van der Waals surface area contributed by atoms with E-state index in [2.05, 4.69) is 19.4 Å². The smallest absolute Gasteiger partial charge is 0.333 e. The minimum atomic E-state index is -0.493. The van der Waals surface area contributed by atoms with Gasteiger partial charge in [0.1, 0.15) is 6.10 Å². The number of para-hydroxylation sites is 1. The molecule has 1 saturated heterocycles. The minimum Gasteiger partial charge on any atom is -0.460 e. The molecule has 0 radical (unpaired) electrons. The Morgan fingerprint density at radius 1 is 1.00 bits per heavy atom. The summed E-state index contributed by atoms with van der Waals surface area (Å²) in [5.74, 6) is -0.202. The van der Waals surface area contributed by atoms with Crippen molar-refractivity contribution in [2.75, 3.05) is 32.5 Å². The molecule has 0 spiro atoms. The van der Waals surface area contributed by atoms with Gasteiger partial charge in [-0.1, -0.05) is 48.5 Å². The van der Waals surface area contributed by atoms with Crippen molar-refractivity contribution in [2.45, 2.75) is 25.0 Å². The van der Waals surface area contributed by atoms with Crippen LogP contribution in [0.25, 0.3) is 0 Å². The zero-order chi connectivity index (χ0) is 17.7. The highest BCUT2D eigenvalue weighted by molar-refractivity contribution is 5.81. The number of hydrogen-bond donors (Lipinski definition) is 1.